The number of carbonyl (C=O) groups is 2. The second-order valence-electron chi connectivity index (χ2n) is 5.57. The van der Waals surface area contributed by atoms with E-state index in [9.17, 15) is 9.59 Å². The third kappa shape index (κ3) is 1.55. The fourth-order valence-corrected chi connectivity index (χ4v) is 3.43. The van der Waals surface area contributed by atoms with Crippen LogP contribution >= 0.6 is 0 Å². The van der Waals surface area contributed by atoms with Crippen molar-refractivity contribution in [2.75, 3.05) is 7.11 Å². The van der Waals surface area contributed by atoms with E-state index < -0.39 is 5.41 Å². The summed E-state index contributed by atoms with van der Waals surface area (Å²) in [5.41, 5.74) is 1.21. The van der Waals surface area contributed by atoms with Gasteiger partial charge < -0.3 is 4.74 Å². The van der Waals surface area contributed by atoms with E-state index in [-0.39, 0.29) is 17.7 Å². The van der Waals surface area contributed by atoms with Gasteiger partial charge >= 0.3 is 5.97 Å². The van der Waals surface area contributed by atoms with Gasteiger partial charge in [0.2, 0.25) is 0 Å². The summed E-state index contributed by atoms with van der Waals surface area (Å²) in [6.07, 6.45) is 2.35. The van der Waals surface area contributed by atoms with Gasteiger partial charge in [0, 0.05) is 12.0 Å². The van der Waals surface area contributed by atoms with E-state index >= 15 is 0 Å². The van der Waals surface area contributed by atoms with Crippen LogP contribution < -0.4 is 0 Å². The minimum absolute atomic E-state index is 0.145. The average Bonchev–Trinajstić information content (AvgIpc) is 2.67. The third-order valence-corrected chi connectivity index (χ3v) is 4.75. The minimum atomic E-state index is -0.741. The van der Waals surface area contributed by atoms with E-state index in [0.29, 0.717) is 12.3 Å². The lowest BCUT2D eigenvalue weighted by molar-refractivity contribution is -0.154. The topological polar surface area (TPSA) is 43.4 Å². The predicted octanol–water partition coefficient (Wildman–Crippen LogP) is 2.50. The molecule has 0 aromatic carbocycles. The SMILES string of the molecule is COC(=O)[C@@]1(C)C2=C(CCC2=O)C[C@H](C)[C@H]1C. The molecule has 0 radical (unpaired) electrons. The van der Waals surface area contributed by atoms with E-state index in [2.05, 4.69) is 13.8 Å². The maximum absolute atomic E-state index is 12.1. The molecule has 0 amide bonds. The smallest absolute Gasteiger partial charge is 0.316 e. The quantitative estimate of drug-likeness (QED) is 0.657. The molecule has 0 spiro atoms. The molecule has 0 saturated heterocycles. The summed E-state index contributed by atoms with van der Waals surface area (Å²) < 4.78 is 4.94. The Hall–Kier alpha value is -1.12. The number of methoxy groups -OCH3 is 1. The number of esters is 1. The second kappa shape index (κ2) is 3.97. The summed E-state index contributed by atoms with van der Waals surface area (Å²) in [6, 6.07) is 0. The second-order valence-corrected chi connectivity index (χ2v) is 5.57. The number of hydrogen-bond acceptors (Lipinski definition) is 3. The third-order valence-electron chi connectivity index (χ3n) is 4.75. The summed E-state index contributed by atoms with van der Waals surface area (Å²) in [4.78, 5) is 24.2. The highest BCUT2D eigenvalue weighted by Gasteiger charge is 2.52. The van der Waals surface area contributed by atoms with Gasteiger partial charge in [0.25, 0.3) is 0 Å². The van der Waals surface area contributed by atoms with Gasteiger partial charge in [0.05, 0.1) is 12.5 Å². The van der Waals surface area contributed by atoms with Crippen molar-refractivity contribution in [1.82, 2.24) is 0 Å². The van der Waals surface area contributed by atoms with E-state index in [1.165, 1.54) is 12.7 Å². The van der Waals surface area contributed by atoms with Crippen LogP contribution in [-0.4, -0.2) is 18.9 Å². The Morgan fingerprint density at radius 3 is 2.59 bits per heavy atom. The lowest BCUT2D eigenvalue weighted by Crippen LogP contribution is -2.44. The zero-order chi connectivity index (χ0) is 12.8. The predicted molar refractivity (Wildman–Crippen MR) is 64.3 cm³/mol. The van der Waals surface area contributed by atoms with E-state index in [1.54, 1.807) is 0 Å². The summed E-state index contributed by atoms with van der Waals surface area (Å²) in [7, 11) is 1.40. The Morgan fingerprint density at radius 1 is 1.35 bits per heavy atom. The molecule has 2 aliphatic carbocycles. The molecular formula is C14H20O3. The van der Waals surface area contributed by atoms with Crippen molar-refractivity contribution in [1.29, 1.82) is 0 Å². The van der Waals surface area contributed by atoms with Crippen LogP contribution in [0.15, 0.2) is 11.1 Å². The maximum Gasteiger partial charge on any atom is 0.316 e. The van der Waals surface area contributed by atoms with Crippen molar-refractivity contribution >= 4 is 11.8 Å². The Kier molecular flexibility index (Phi) is 2.88. The molecule has 0 aromatic rings. The van der Waals surface area contributed by atoms with Crippen LogP contribution in [0, 0.1) is 17.3 Å². The first-order chi connectivity index (χ1) is 7.92. The number of carbonyl (C=O) groups excluding carboxylic acids is 2. The first-order valence-electron chi connectivity index (χ1n) is 6.27. The van der Waals surface area contributed by atoms with Crippen LogP contribution in [-0.2, 0) is 14.3 Å². The molecule has 2 aliphatic rings. The van der Waals surface area contributed by atoms with Crippen molar-refractivity contribution in [3.05, 3.63) is 11.1 Å². The number of rotatable bonds is 1. The zero-order valence-electron chi connectivity index (χ0n) is 11.0. The first kappa shape index (κ1) is 12.3. The van der Waals surface area contributed by atoms with Gasteiger partial charge in [-0.05, 0) is 31.6 Å². The molecule has 17 heavy (non-hydrogen) atoms. The van der Waals surface area contributed by atoms with E-state index in [1.807, 2.05) is 6.92 Å². The van der Waals surface area contributed by atoms with Gasteiger partial charge in [0.1, 0.15) is 0 Å². The molecule has 94 valence electrons. The molecular weight excluding hydrogens is 216 g/mol. The lowest BCUT2D eigenvalue weighted by atomic mass is 9.61. The normalized spacial score (nSPS) is 37.1. The van der Waals surface area contributed by atoms with Gasteiger partial charge in [-0.25, -0.2) is 0 Å². The van der Waals surface area contributed by atoms with Gasteiger partial charge in [-0.1, -0.05) is 19.4 Å². The van der Waals surface area contributed by atoms with Crippen LogP contribution in [0.1, 0.15) is 40.0 Å². The Balaban J connectivity index is 2.55. The summed E-state index contributed by atoms with van der Waals surface area (Å²) in [6.45, 7) is 6.08. The van der Waals surface area contributed by atoms with Gasteiger partial charge in [-0.3, -0.25) is 9.59 Å². The molecule has 3 atom stereocenters. The molecule has 0 unspecified atom stereocenters. The first-order valence-corrected chi connectivity index (χ1v) is 6.27. The minimum Gasteiger partial charge on any atom is -0.468 e. The van der Waals surface area contributed by atoms with Crippen molar-refractivity contribution in [2.45, 2.75) is 40.0 Å². The number of Topliss-reactive ketones (excluding diaryl/α,β-unsaturated/α-hetero) is 1. The van der Waals surface area contributed by atoms with Crippen LogP contribution in [0.4, 0.5) is 0 Å². The molecule has 3 nitrogen and oxygen atoms in total. The Bertz CT molecular complexity index is 408. The fourth-order valence-electron chi connectivity index (χ4n) is 3.43. The monoisotopic (exact) mass is 236 g/mol. The highest BCUT2D eigenvalue weighted by molar-refractivity contribution is 6.05. The van der Waals surface area contributed by atoms with Crippen LogP contribution in [0.25, 0.3) is 0 Å². The number of hydrogen-bond donors (Lipinski definition) is 0. The summed E-state index contributed by atoms with van der Waals surface area (Å²) in [5, 5.41) is 0. The van der Waals surface area contributed by atoms with E-state index in [4.69, 9.17) is 4.74 Å². The Labute approximate surface area is 102 Å². The van der Waals surface area contributed by atoms with Crippen molar-refractivity contribution < 1.29 is 14.3 Å². The molecule has 0 aromatic heterocycles. The molecule has 0 heterocycles. The summed E-state index contributed by atoms with van der Waals surface area (Å²) in [5.74, 6) is 0.449. The van der Waals surface area contributed by atoms with E-state index in [0.717, 1.165) is 18.4 Å². The molecule has 0 bridgehead atoms. The maximum atomic E-state index is 12.1. The van der Waals surface area contributed by atoms with Crippen molar-refractivity contribution in [2.24, 2.45) is 17.3 Å². The van der Waals surface area contributed by atoms with Crippen LogP contribution in [0.3, 0.4) is 0 Å². The molecule has 3 heteroatoms. The zero-order valence-corrected chi connectivity index (χ0v) is 11.0. The molecule has 0 aliphatic heterocycles. The molecule has 0 fully saturated rings. The molecule has 2 rings (SSSR count). The number of ether oxygens (including phenoxy) is 1. The highest BCUT2D eigenvalue weighted by atomic mass is 16.5. The summed E-state index contributed by atoms with van der Waals surface area (Å²) >= 11 is 0. The number of allylic oxidation sites excluding steroid dienone is 1. The molecule has 0 N–H and O–H groups in total. The largest absolute Gasteiger partial charge is 0.468 e. The Morgan fingerprint density at radius 2 is 2.00 bits per heavy atom. The van der Waals surface area contributed by atoms with Crippen molar-refractivity contribution in [3.8, 4) is 0 Å². The highest BCUT2D eigenvalue weighted by Crippen LogP contribution is 2.52. The van der Waals surface area contributed by atoms with Crippen LogP contribution in [0.2, 0.25) is 0 Å². The number of ketones is 1. The average molecular weight is 236 g/mol. The van der Waals surface area contributed by atoms with Gasteiger partial charge in [-0.2, -0.15) is 0 Å². The van der Waals surface area contributed by atoms with Crippen molar-refractivity contribution in [3.63, 3.8) is 0 Å². The molecule has 0 saturated carbocycles. The van der Waals surface area contributed by atoms with Crippen LogP contribution in [0.5, 0.6) is 0 Å². The van der Waals surface area contributed by atoms with Gasteiger partial charge in [-0.15, -0.1) is 0 Å². The van der Waals surface area contributed by atoms with Gasteiger partial charge in [0.15, 0.2) is 5.78 Å². The standard InChI is InChI=1S/C14H20O3/c1-8-7-10-5-6-11(15)12(10)14(3,9(8)2)13(16)17-4/h8-9H,5-7H2,1-4H3/t8-,9+,14+/m0/s1. The lowest BCUT2D eigenvalue weighted by Gasteiger charge is -2.41. The fraction of sp³-hybridized carbons (Fsp3) is 0.714.